The van der Waals surface area contributed by atoms with E-state index in [1.54, 1.807) is 18.3 Å². The smallest absolute Gasteiger partial charge is 0.307 e. The molecule has 2 aromatic heterocycles. The molecular weight excluding hydrogens is 432 g/mol. The van der Waals surface area contributed by atoms with E-state index in [0.29, 0.717) is 16.6 Å². The summed E-state index contributed by atoms with van der Waals surface area (Å²) in [5, 5.41) is 21.5. The lowest BCUT2D eigenvalue weighted by molar-refractivity contribution is -0.385. The van der Waals surface area contributed by atoms with Gasteiger partial charge in [0.2, 0.25) is 5.13 Å². The summed E-state index contributed by atoms with van der Waals surface area (Å²) in [7, 11) is 1.53. The maximum absolute atomic E-state index is 10.7. The highest BCUT2D eigenvalue weighted by Gasteiger charge is 2.10. The molecule has 0 aliphatic rings. The third-order valence-corrected chi connectivity index (χ3v) is 5.06. The van der Waals surface area contributed by atoms with Crippen LogP contribution in [0.3, 0.4) is 0 Å². The Balaban J connectivity index is 1.37. The first-order valence-electron chi connectivity index (χ1n) is 9.40. The van der Waals surface area contributed by atoms with Crippen LogP contribution < -0.4 is 14.9 Å². The topological polar surface area (TPSA) is 117 Å². The highest BCUT2D eigenvalue weighted by molar-refractivity contribution is 7.14. The lowest BCUT2D eigenvalue weighted by atomic mass is 10.2. The number of methoxy groups -OCH3 is 1. The van der Waals surface area contributed by atoms with Gasteiger partial charge in [0.25, 0.3) is 0 Å². The predicted octanol–water partition coefficient (Wildman–Crippen LogP) is 4.41. The largest absolute Gasteiger partial charge is 0.493 e. The molecule has 0 unspecified atom stereocenters. The number of nitro groups is 1. The van der Waals surface area contributed by atoms with Gasteiger partial charge in [0, 0.05) is 10.9 Å². The quantitative estimate of drug-likeness (QED) is 0.228. The van der Waals surface area contributed by atoms with E-state index >= 15 is 0 Å². The van der Waals surface area contributed by atoms with E-state index in [0.717, 1.165) is 16.8 Å². The van der Waals surface area contributed by atoms with Crippen molar-refractivity contribution < 1.29 is 14.4 Å². The Morgan fingerprint density at radius 2 is 2.09 bits per heavy atom. The van der Waals surface area contributed by atoms with Crippen LogP contribution in [-0.4, -0.2) is 33.0 Å². The number of hydrazone groups is 1. The number of nitrogens with zero attached hydrogens (tertiary/aromatic N) is 5. The molecule has 162 valence electrons. The standard InChI is InChI=1S/C21H18N6O4S/c1-30-20-9-15(7-8-19(20)31-14-26-12-17(11-23-26)27(28)29)10-22-25-21-24-18(13-32-21)16-5-3-2-4-6-16/h2-13H,14H2,1H3,(H,24,25). The number of nitrogens with one attached hydrogen (secondary N) is 1. The number of hydrogen-bond donors (Lipinski definition) is 1. The molecule has 0 aliphatic heterocycles. The monoisotopic (exact) mass is 450 g/mol. The van der Waals surface area contributed by atoms with Gasteiger partial charge in [-0.2, -0.15) is 10.2 Å². The number of ether oxygens (including phenoxy) is 2. The highest BCUT2D eigenvalue weighted by atomic mass is 32.1. The van der Waals surface area contributed by atoms with Crippen molar-refractivity contribution in [2.24, 2.45) is 5.10 Å². The fourth-order valence-corrected chi connectivity index (χ4v) is 3.43. The Kier molecular flexibility index (Phi) is 6.37. The molecule has 4 aromatic rings. The first-order valence-corrected chi connectivity index (χ1v) is 10.3. The number of aromatic nitrogens is 3. The minimum Gasteiger partial charge on any atom is -0.493 e. The molecule has 32 heavy (non-hydrogen) atoms. The summed E-state index contributed by atoms with van der Waals surface area (Å²) < 4.78 is 12.4. The molecule has 2 heterocycles. The Bertz CT molecular complexity index is 1240. The van der Waals surface area contributed by atoms with Gasteiger partial charge in [-0.25, -0.2) is 9.67 Å². The van der Waals surface area contributed by atoms with E-state index < -0.39 is 4.92 Å². The molecule has 1 N–H and O–H groups in total. The molecule has 0 aliphatic carbocycles. The molecular formula is C21H18N6O4S. The number of benzene rings is 2. The number of thiazole rings is 1. The highest BCUT2D eigenvalue weighted by Crippen LogP contribution is 2.28. The normalized spacial score (nSPS) is 10.9. The molecule has 10 nitrogen and oxygen atoms in total. The van der Waals surface area contributed by atoms with Gasteiger partial charge in [0.05, 0.1) is 23.9 Å². The summed E-state index contributed by atoms with van der Waals surface area (Å²) in [6, 6.07) is 15.2. The molecule has 0 atom stereocenters. The number of hydrogen-bond acceptors (Lipinski definition) is 9. The zero-order valence-corrected chi connectivity index (χ0v) is 17.7. The minimum absolute atomic E-state index is 0.00693. The average Bonchev–Trinajstić information content (AvgIpc) is 3.49. The van der Waals surface area contributed by atoms with Crippen LogP contribution in [0.1, 0.15) is 5.56 Å². The van der Waals surface area contributed by atoms with Crippen molar-refractivity contribution in [2.75, 3.05) is 12.5 Å². The maximum atomic E-state index is 10.7. The Labute approximate surface area is 186 Å². The van der Waals surface area contributed by atoms with Gasteiger partial charge >= 0.3 is 5.69 Å². The third kappa shape index (κ3) is 5.08. The van der Waals surface area contributed by atoms with Gasteiger partial charge < -0.3 is 9.47 Å². The molecule has 4 rings (SSSR count). The number of anilines is 1. The second-order valence-corrected chi connectivity index (χ2v) is 7.31. The molecule has 11 heteroatoms. The average molecular weight is 450 g/mol. The lowest BCUT2D eigenvalue weighted by Gasteiger charge is -2.11. The van der Waals surface area contributed by atoms with E-state index in [1.165, 1.54) is 35.5 Å². The van der Waals surface area contributed by atoms with E-state index in [-0.39, 0.29) is 12.4 Å². The van der Waals surface area contributed by atoms with E-state index in [1.807, 2.05) is 41.8 Å². The zero-order chi connectivity index (χ0) is 22.3. The number of rotatable bonds is 9. The van der Waals surface area contributed by atoms with Gasteiger partial charge in [-0.15, -0.1) is 11.3 Å². The summed E-state index contributed by atoms with van der Waals surface area (Å²) >= 11 is 1.47. The van der Waals surface area contributed by atoms with Crippen molar-refractivity contribution in [1.29, 1.82) is 0 Å². The van der Waals surface area contributed by atoms with Crippen LogP contribution in [0.25, 0.3) is 11.3 Å². The minimum atomic E-state index is -0.513. The van der Waals surface area contributed by atoms with Crippen LogP contribution in [-0.2, 0) is 6.73 Å². The molecule has 0 amide bonds. The van der Waals surface area contributed by atoms with Crippen molar-refractivity contribution in [1.82, 2.24) is 14.8 Å². The summed E-state index contributed by atoms with van der Waals surface area (Å²) in [5.74, 6) is 0.972. The molecule has 0 fully saturated rings. The van der Waals surface area contributed by atoms with Crippen LogP contribution in [0, 0.1) is 10.1 Å². The lowest BCUT2D eigenvalue weighted by Crippen LogP contribution is -2.06. The SMILES string of the molecule is COc1cc(C=NNc2nc(-c3ccccc3)cs2)ccc1OCn1cc([N+](=O)[O-])cn1. The summed E-state index contributed by atoms with van der Waals surface area (Å²) in [6.07, 6.45) is 4.10. The Morgan fingerprint density at radius 1 is 1.25 bits per heavy atom. The van der Waals surface area contributed by atoms with Crippen molar-refractivity contribution >= 4 is 28.4 Å². The van der Waals surface area contributed by atoms with Gasteiger partial charge in [0.15, 0.2) is 18.2 Å². The second-order valence-electron chi connectivity index (χ2n) is 6.45. The fourth-order valence-electron chi connectivity index (χ4n) is 2.77. The third-order valence-electron chi connectivity index (χ3n) is 4.32. The van der Waals surface area contributed by atoms with Crippen LogP contribution in [0.2, 0.25) is 0 Å². The second kappa shape index (κ2) is 9.71. The molecule has 0 radical (unpaired) electrons. The summed E-state index contributed by atoms with van der Waals surface area (Å²) in [6.45, 7) is 0.00693. The van der Waals surface area contributed by atoms with Gasteiger partial charge in [-0.1, -0.05) is 30.3 Å². The molecule has 0 saturated heterocycles. The van der Waals surface area contributed by atoms with Gasteiger partial charge in [-0.3, -0.25) is 15.5 Å². The van der Waals surface area contributed by atoms with Crippen LogP contribution in [0.4, 0.5) is 10.8 Å². The first kappa shape index (κ1) is 21.0. The van der Waals surface area contributed by atoms with Crippen molar-refractivity contribution in [3.8, 4) is 22.8 Å². The van der Waals surface area contributed by atoms with Gasteiger partial charge in [-0.05, 0) is 23.8 Å². The van der Waals surface area contributed by atoms with Crippen LogP contribution in [0.15, 0.2) is 71.4 Å². The summed E-state index contributed by atoms with van der Waals surface area (Å²) in [4.78, 5) is 14.8. The van der Waals surface area contributed by atoms with E-state index in [9.17, 15) is 10.1 Å². The van der Waals surface area contributed by atoms with Crippen molar-refractivity contribution in [2.45, 2.75) is 6.73 Å². The summed E-state index contributed by atoms with van der Waals surface area (Å²) in [5.41, 5.74) is 5.55. The Hall–Kier alpha value is -4.25. The molecule has 0 bridgehead atoms. The van der Waals surface area contributed by atoms with Crippen LogP contribution in [0.5, 0.6) is 11.5 Å². The molecule has 2 aromatic carbocycles. The first-order chi connectivity index (χ1) is 15.6. The fraction of sp³-hybridized carbons (Fsp3) is 0.0952. The van der Waals surface area contributed by atoms with Crippen molar-refractivity contribution in [3.63, 3.8) is 0 Å². The molecule has 0 spiro atoms. The zero-order valence-electron chi connectivity index (χ0n) is 16.9. The maximum Gasteiger partial charge on any atom is 0.307 e. The van der Waals surface area contributed by atoms with Crippen molar-refractivity contribution in [3.05, 3.63) is 82.0 Å². The van der Waals surface area contributed by atoms with Crippen LogP contribution >= 0.6 is 11.3 Å². The van der Waals surface area contributed by atoms with E-state index in [4.69, 9.17) is 9.47 Å². The van der Waals surface area contributed by atoms with Gasteiger partial charge in [0.1, 0.15) is 12.4 Å². The molecule has 0 saturated carbocycles. The predicted molar refractivity (Wildman–Crippen MR) is 121 cm³/mol. The Morgan fingerprint density at radius 3 is 2.84 bits per heavy atom. The van der Waals surface area contributed by atoms with E-state index in [2.05, 4.69) is 20.6 Å².